The SMILES string of the molecule is CC(C)c1ccc2cc3c(nc2c1)NO[C@@H](C)C3. The zero-order valence-electron chi connectivity index (χ0n) is 11.0. The smallest absolute Gasteiger partial charge is 0.153 e. The van der Waals surface area contributed by atoms with Crippen LogP contribution in [-0.2, 0) is 11.3 Å². The summed E-state index contributed by atoms with van der Waals surface area (Å²) in [6.07, 6.45) is 1.11. The van der Waals surface area contributed by atoms with Crippen molar-refractivity contribution in [1.82, 2.24) is 4.98 Å². The summed E-state index contributed by atoms with van der Waals surface area (Å²) in [6, 6.07) is 8.74. The number of nitrogens with zero attached hydrogens (tertiary/aromatic N) is 1. The standard InChI is InChI=1S/C15H18N2O/c1-9(2)11-4-5-12-7-13-6-10(3)18-17-15(13)16-14(12)8-11/h4-5,7-10H,6H2,1-3H3,(H,16,17)/t10-/m0/s1. The van der Waals surface area contributed by atoms with Gasteiger partial charge in [-0.05, 0) is 36.1 Å². The molecular formula is C15H18N2O. The van der Waals surface area contributed by atoms with Crippen LogP contribution < -0.4 is 5.48 Å². The molecule has 1 atom stereocenters. The molecule has 0 spiro atoms. The Balaban J connectivity index is 2.12. The monoisotopic (exact) mass is 242 g/mol. The molecule has 0 saturated carbocycles. The van der Waals surface area contributed by atoms with E-state index < -0.39 is 0 Å². The Bertz CT molecular complexity index is 592. The van der Waals surface area contributed by atoms with Crippen molar-refractivity contribution in [2.75, 3.05) is 5.48 Å². The van der Waals surface area contributed by atoms with Gasteiger partial charge in [0.1, 0.15) is 0 Å². The number of anilines is 1. The molecule has 2 heterocycles. The van der Waals surface area contributed by atoms with Crippen molar-refractivity contribution in [3.63, 3.8) is 0 Å². The molecule has 0 bridgehead atoms. The second kappa shape index (κ2) is 4.25. The number of hydrogen-bond acceptors (Lipinski definition) is 3. The molecule has 3 nitrogen and oxygen atoms in total. The fourth-order valence-electron chi connectivity index (χ4n) is 2.34. The van der Waals surface area contributed by atoms with Crippen molar-refractivity contribution in [2.45, 2.75) is 39.2 Å². The summed E-state index contributed by atoms with van der Waals surface area (Å²) < 4.78 is 0. The summed E-state index contributed by atoms with van der Waals surface area (Å²) in [7, 11) is 0. The van der Waals surface area contributed by atoms with Crippen molar-refractivity contribution >= 4 is 16.7 Å². The molecule has 94 valence electrons. The van der Waals surface area contributed by atoms with Gasteiger partial charge in [0.05, 0.1) is 11.6 Å². The molecule has 1 aromatic carbocycles. The first kappa shape index (κ1) is 11.5. The first-order chi connectivity index (χ1) is 8.63. The summed E-state index contributed by atoms with van der Waals surface area (Å²) in [5, 5.41) is 1.20. The first-order valence-electron chi connectivity index (χ1n) is 6.48. The molecule has 1 N–H and O–H groups in total. The molecule has 1 aliphatic rings. The molecule has 0 amide bonds. The number of fused-ring (bicyclic) bond motifs is 2. The Morgan fingerprint density at radius 2 is 2.17 bits per heavy atom. The zero-order valence-corrected chi connectivity index (χ0v) is 11.0. The third-order valence-corrected chi connectivity index (χ3v) is 3.45. The quantitative estimate of drug-likeness (QED) is 0.829. The van der Waals surface area contributed by atoms with Gasteiger partial charge in [0.2, 0.25) is 0 Å². The Morgan fingerprint density at radius 3 is 2.94 bits per heavy atom. The van der Waals surface area contributed by atoms with Crippen LogP contribution in [0.3, 0.4) is 0 Å². The lowest BCUT2D eigenvalue weighted by atomic mass is 10.00. The molecule has 3 heteroatoms. The van der Waals surface area contributed by atoms with Gasteiger partial charge >= 0.3 is 0 Å². The predicted octanol–water partition coefficient (Wildman–Crippen LogP) is 3.65. The van der Waals surface area contributed by atoms with Gasteiger partial charge in [0, 0.05) is 11.8 Å². The normalized spacial score (nSPS) is 18.8. The number of pyridine rings is 1. The van der Waals surface area contributed by atoms with Gasteiger partial charge in [0.25, 0.3) is 0 Å². The predicted molar refractivity (Wildman–Crippen MR) is 73.7 cm³/mol. The third-order valence-electron chi connectivity index (χ3n) is 3.45. The van der Waals surface area contributed by atoms with Crippen molar-refractivity contribution in [2.24, 2.45) is 0 Å². The molecule has 0 radical (unpaired) electrons. The number of rotatable bonds is 1. The minimum atomic E-state index is 0.201. The second-order valence-electron chi connectivity index (χ2n) is 5.34. The zero-order chi connectivity index (χ0) is 12.7. The van der Waals surface area contributed by atoms with Crippen molar-refractivity contribution in [3.05, 3.63) is 35.4 Å². The van der Waals surface area contributed by atoms with E-state index in [1.54, 1.807) is 0 Å². The number of hydrogen-bond donors (Lipinski definition) is 1. The van der Waals surface area contributed by atoms with Gasteiger partial charge < -0.3 is 0 Å². The fourth-order valence-corrected chi connectivity index (χ4v) is 2.34. The highest BCUT2D eigenvalue weighted by atomic mass is 16.7. The van der Waals surface area contributed by atoms with E-state index in [1.165, 1.54) is 16.5 Å². The molecule has 0 saturated heterocycles. The Kier molecular flexibility index (Phi) is 2.71. The highest BCUT2D eigenvalue weighted by Gasteiger charge is 2.17. The summed E-state index contributed by atoms with van der Waals surface area (Å²) in [4.78, 5) is 10.1. The van der Waals surface area contributed by atoms with Gasteiger partial charge in [-0.3, -0.25) is 4.84 Å². The van der Waals surface area contributed by atoms with Crippen LogP contribution in [0, 0.1) is 0 Å². The Hall–Kier alpha value is -1.61. The minimum absolute atomic E-state index is 0.201. The molecule has 1 aliphatic heterocycles. The number of aromatic nitrogens is 1. The van der Waals surface area contributed by atoms with Gasteiger partial charge in [-0.1, -0.05) is 26.0 Å². The maximum atomic E-state index is 5.42. The lowest BCUT2D eigenvalue weighted by molar-refractivity contribution is 0.104. The summed E-state index contributed by atoms with van der Waals surface area (Å²) in [5.74, 6) is 1.39. The van der Waals surface area contributed by atoms with Crippen molar-refractivity contribution < 1.29 is 4.84 Å². The van der Waals surface area contributed by atoms with Crippen LogP contribution in [0.5, 0.6) is 0 Å². The second-order valence-corrected chi connectivity index (χ2v) is 5.34. The minimum Gasteiger partial charge on any atom is -0.271 e. The van der Waals surface area contributed by atoms with Gasteiger partial charge in [-0.25, -0.2) is 10.5 Å². The van der Waals surface area contributed by atoms with Gasteiger partial charge in [0.15, 0.2) is 5.82 Å². The Labute approximate surface area is 107 Å². The average Bonchev–Trinajstić information content (AvgIpc) is 2.35. The number of nitrogens with one attached hydrogen (secondary N) is 1. The maximum Gasteiger partial charge on any atom is 0.153 e. The van der Waals surface area contributed by atoms with E-state index in [4.69, 9.17) is 4.84 Å². The van der Waals surface area contributed by atoms with Crippen LogP contribution >= 0.6 is 0 Å². The van der Waals surface area contributed by atoms with Gasteiger partial charge in [-0.2, -0.15) is 0 Å². The Morgan fingerprint density at radius 1 is 1.33 bits per heavy atom. The van der Waals surface area contributed by atoms with Crippen LogP contribution in [0.15, 0.2) is 24.3 Å². The topological polar surface area (TPSA) is 34.2 Å². The van der Waals surface area contributed by atoms with E-state index >= 15 is 0 Å². The van der Waals surface area contributed by atoms with Crippen LogP contribution in [0.2, 0.25) is 0 Å². The molecule has 18 heavy (non-hydrogen) atoms. The van der Waals surface area contributed by atoms with Crippen molar-refractivity contribution in [1.29, 1.82) is 0 Å². The van der Waals surface area contributed by atoms with E-state index in [1.807, 2.05) is 0 Å². The van der Waals surface area contributed by atoms with Crippen LogP contribution in [0.25, 0.3) is 10.9 Å². The van der Waals surface area contributed by atoms with Gasteiger partial charge in [-0.15, -0.1) is 0 Å². The average molecular weight is 242 g/mol. The van der Waals surface area contributed by atoms with Crippen LogP contribution in [0.4, 0.5) is 5.82 Å². The first-order valence-corrected chi connectivity index (χ1v) is 6.48. The molecule has 3 rings (SSSR count). The lowest BCUT2D eigenvalue weighted by Crippen LogP contribution is -2.23. The lowest BCUT2D eigenvalue weighted by Gasteiger charge is -2.22. The molecule has 1 aromatic heterocycles. The van der Waals surface area contributed by atoms with Crippen LogP contribution in [0.1, 0.15) is 37.8 Å². The molecule has 2 aromatic rings. The highest BCUT2D eigenvalue weighted by Crippen LogP contribution is 2.27. The largest absolute Gasteiger partial charge is 0.271 e. The number of benzene rings is 1. The molecule has 0 aliphatic carbocycles. The maximum absolute atomic E-state index is 5.42. The van der Waals surface area contributed by atoms with Crippen molar-refractivity contribution in [3.8, 4) is 0 Å². The summed E-state index contributed by atoms with van der Waals surface area (Å²) in [6.45, 7) is 6.45. The summed E-state index contributed by atoms with van der Waals surface area (Å²) >= 11 is 0. The van der Waals surface area contributed by atoms with E-state index in [0.29, 0.717) is 5.92 Å². The van der Waals surface area contributed by atoms with E-state index in [9.17, 15) is 0 Å². The molecule has 0 unspecified atom stereocenters. The van der Waals surface area contributed by atoms with E-state index in [0.717, 1.165) is 17.8 Å². The van der Waals surface area contributed by atoms with E-state index in [2.05, 4.69) is 55.5 Å². The summed E-state index contributed by atoms with van der Waals surface area (Å²) in [5.41, 5.74) is 6.53. The van der Waals surface area contributed by atoms with Crippen LogP contribution in [-0.4, -0.2) is 11.1 Å². The molecular weight excluding hydrogens is 224 g/mol. The highest BCUT2D eigenvalue weighted by molar-refractivity contribution is 5.82. The van der Waals surface area contributed by atoms with E-state index in [-0.39, 0.29) is 6.10 Å². The third kappa shape index (κ3) is 1.95. The molecule has 0 fully saturated rings. The fraction of sp³-hybridized carbons (Fsp3) is 0.400.